The minimum absolute atomic E-state index is 0.0619. The number of rotatable bonds is 4. The van der Waals surface area contributed by atoms with Crippen molar-refractivity contribution in [2.24, 2.45) is 0 Å². The summed E-state index contributed by atoms with van der Waals surface area (Å²) in [7, 11) is 4.28. The van der Waals surface area contributed by atoms with Gasteiger partial charge in [-0.25, -0.2) is 4.79 Å². The maximum Gasteiger partial charge on any atom is 0.330 e. The van der Waals surface area contributed by atoms with Crippen LogP contribution in [0.2, 0.25) is 0 Å². The summed E-state index contributed by atoms with van der Waals surface area (Å²) in [6.07, 6.45) is 2.62. The summed E-state index contributed by atoms with van der Waals surface area (Å²) in [6, 6.07) is 3.29. The zero-order valence-corrected chi connectivity index (χ0v) is 11.6. The number of ether oxygens (including phenoxy) is 3. The van der Waals surface area contributed by atoms with Crippen LogP contribution in [0.25, 0.3) is 6.08 Å². The van der Waals surface area contributed by atoms with Gasteiger partial charge in [-0.05, 0) is 18.2 Å². The van der Waals surface area contributed by atoms with Gasteiger partial charge < -0.3 is 19.3 Å². The highest BCUT2D eigenvalue weighted by Crippen LogP contribution is 2.32. The van der Waals surface area contributed by atoms with Gasteiger partial charge in [0.2, 0.25) is 0 Å². The summed E-state index contributed by atoms with van der Waals surface area (Å²) in [5.41, 5.74) is 0.787. The molecular formula is C15H16O5. The van der Waals surface area contributed by atoms with Crippen LogP contribution in [0, 0.1) is 11.8 Å². The van der Waals surface area contributed by atoms with Gasteiger partial charge in [-0.3, -0.25) is 0 Å². The van der Waals surface area contributed by atoms with Gasteiger partial charge in [0.05, 0.1) is 25.3 Å². The van der Waals surface area contributed by atoms with E-state index in [1.54, 1.807) is 12.1 Å². The number of hydrogen-bond acceptors (Lipinski definition) is 5. The van der Waals surface area contributed by atoms with Crippen molar-refractivity contribution in [1.29, 1.82) is 0 Å². The lowest BCUT2D eigenvalue weighted by atomic mass is 10.1. The Balaban J connectivity index is 3.19. The Morgan fingerprint density at radius 3 is 2.70 bits per heavy atom. The Bertz CT molecular complexity index is 564. The standard InChI is InChI=1S/C15H16O5/c1-18-10-4-5-11-6-8-13(19-2)12(15(11)17)7-9-14(16)20-3/h6-9,17H,10H2,1-3H3/b9-7+. The van der Waals surface area contributed by atoms with Gasteiger partial charge in [-0.1, -0.05) is 11.8 Å². The van der Waals surface area contributed by atoms with Gasteiger partial charge in [0, 0.05) is 13.2 Å². The van der Waals surface area contributed by atoms with E-state index in [1.165, 1.54) is 33.5 Å². The lowest BCUT2D eigenvalue weighted by Gasteiger charge is -2.08. The van der Waals surface area contributed by atoms with Crippen molar-refractivity contribution in [3.63, 3.8) is 0 Å². The molecule has 106 valence electrons. The van der Waals surface area contributed by atoms with E-state index in [0.29, 0.717) is 16.9 Å². The molecule has 0 heterocycles. The van der Waals surface area contributed by atoms with Crippen LogP contribution in [-0.4, -0.2) is 39.0 Å². The molecule has 0 bridgehead atoms. The number of carbonyl (C=O) groups excluding carboxylic acids is 1. The Kier molecular flexibility index (Phi) is 6.14. The van der Waals surface area contributed by atoms with E-state index >= 15 is 0 Å². The molecule has 20 heavy (non-hydrogen) atoms. The number of phenolic OH excluding ortho intramolecular Hbond substituents is 1. The third-order valence-electron chi connectivity index (χ3n) is 2.42. The SMILES string of the molecule is COCC#Cc1ccc(OC)c(/C=C/C(=O)OC)c1O. The van der Waals surface area contributed by atoms with Crippen molar-refractivity contribution < 1.29 is 24.1 Å². The van der Waals surface area contributed by atoms with Crippen molar-refractivity contribution in [2.45, 2.75) is 0 Å². The summed E-state index contributed by atoms with van der Waals surface area (Å²) >= 11 is 0. The van der Waals surface area contributed by atoms with E-state index in [-0.39, 0.29) is 12.4 Å². The molecule has 0 aromatic heterocycles. The van der Waals surface area contributed by atoms with Crippen LogP contribution < -0.4 is 4.74 Å². The number of aromatic hydroxyl groups is 1. The third-order valence-corrected chi connectivity index (χ3v) is 2.42. The van der Waals surface area contributed by atoms with Crippen molar-refractivity contribution in [3.05, 3.63) is 29.3 Å². The molecule has 0 saturated heterocycles. The maximum absolute atomic E-state index is 11.1. The molecule has 0 aliphatic carbocycles. The molecule has 0 aliphatic heterocycles. The predicted molar refractivity (Wildman–Crippen MR) is 74.5 cm³/mol. The monoisotopic (exact) mass is 276 g/mol. The smallest absolute Gasteiger partial charge is 0.330 e. The molecule has 0 saturated carbocycles. The van der Waals surface area contributed by atoms with E-state index in [2.05, 4.69) is 16.6 Å². The van der Waals surface area contributed by atoms with Crippen molar-refractivity contribution in [1.82, 2.24) is 0 Å². The summed E-state index contributed by atoms with van der Waals surface area (Å²) in [5, 5.41) is 10.2. The van der Waals surface area contributed by atoms with Gasteiger partial charge in [-0.15, -0.1) is 0 Å². The van der Waals surface area contributed by atoms with Crippen LogP contribution in [-0.2, 0) is 14.3 Å². The third kappa shape index (κ3) is 4.04. The Morgan fingerprint density at radius 2 is 2.10 bits per heavy atom. The number of phenols is 1. The Morgan fingerprint density at radius 1 is 1.35 bits per heavy atom. The first-order chi connectivity index (χ1) is 9.63. The first kappa shape index (κ1) is 15.6. The van der Waals surface area contributed by atoms with Gasteiger partial charge in [0.1, 0.15) is 18.1 Å². The average molecular weight is 276 g/mol. The molecule has 0 radical (unpaired) electrons. The van der Waals surface area contributed by atoms with Crippen LogP contribution in [0.15, 0.2) is 18.2 Å². The normalized spacial score (nSPS) is 9.95. The molecule has 0 spiro atoms. The second-order valence-electron chi connectivity index (χ2n) is 3.67. The summed E-state index contributed by atoms with van der Waals surface area (Å²) in [6.45, 7) is 0.263. The first-order valence-electron chi connectivity index (χ1n) is 5.77. The molecule has 0 unspecified atom stereocenters. The molecule has 1 aromatic rings. The quantitative estimate of drug-likeness (QED) is 0.514. The zero-order valence-electron chi connectivity index (χ0n) is 11.6. The number of methoxy groups -OCH3 is 3. The molecule has 1 rings (SSSR count). The van der Waals surface area contributed by atoms with Crippen LogP contribution in [0.1, 0.15) is 11.1 Å². The molecule has 1 N–H and O–H groups in total. The van der Waals surface area contributed by atoms with E-state index in [4.69, 9.17) is 9.47 Å². The van der Waals surface area contributed by atoms with E-state index in [9.17, 15) is 9.90 Å². The lowest BCUT2D eigenvalue weighted by molar-refractivity contribution is -0.134. The second kappa shape index (κ2) is 7.87. The van der Waals surface area contributed by atoms with Crippen molar-refractivity contribution in [3.8, 4) is 23.3 Å². The van der Waals surface area contributed by atoms with Gasteiger partial charge >= 0.3 is 5.97 Å². The number of esters is 1. The topological polar surface area (TPSA) is 65.0 Å². The van der Waals surface area contributed by atoms with E-state index < -0.39 is 5.97 Å². The number of benzene rings is 1. The maximum atomic E-state index is 11.1. The van der Waals surface area contributed by atoms with E-state index in [0.717, 1.165) is 0 Å². The van der Waals surface area contributed by atoms with Gasteiger partial charge in [0.25, 0.3) is 0 Å². The fraction of sp³-hybridized carbons (Fsp3) is 0.267. The molecule has 0 amide bonds. The minimum atomic E-state index is -0.526. The first-order valence-corrected chi connectivity index (χ1v) is 5.77. The zero-order chi connectivity index (χ0) is 15.0. The minimum Gasteiger partial charge on any atom is -0.506 e. The van der Waals surface area contributed by atoms with Crippen LogP contribution >= 0.6 is 0 Å². The molecule has 5 nitrogen and oxygen atoms in total. The van der Waals surface area contributed by atoms with Crippen LogP contribution in [0.3, 0.4) is 0 Å². The molecular weight excluding hydrogens is 260 g/mol. The van der Waals surface area contributed by atoms with E-state index in [1.807, 2.05) is 0 Å². The number of hydrogen-bond donors (Lipinski definition) is 1. The molecule has 0 atom stereocenters. The highest BCUT2D eigenvalue weighted by molar-refractivity contribution is 5.88. The van der Waals surface area contributed by atoms with Crippen molar-refractivity contribution >= 4 is 12.0 Å². The van der Waals surface area contributed by atoms with Crippen LogP contribution in [0.4, 0.5) is 0 Å². The van der Waals surface area contributed by atoms with Crippen LogP contribution in [0.5, 0.6) is 11.5 Å². The summed E-state index contributed by atoms with van der Waals surface area (Å²) in [4.78, 5) is 11.1. The molecule has 1 aromatic carbocycles. The molecule has 5 heteroatoms. The average Bonchev–Trinajstić information content (AvgIpc) is 2.47. The highest BCUT2D eigenvalue weighted by Gasteiger charge is 2.10. The van der Waals surface area contributed by atoms with Gasteiger partial charge in [-0.2, -0.15) is 0 Å². The lowest BCUT2D eigenvalue weighted by Crippen LogP contribution is -1.95. The molecule has 0 fully saturated rings. The number of carbonyl (C=O) groups is 1. The Hall–Kier alpha value is -2.45. The fourth-order valence-electron chi connectivity index (χ4n) is 1.45. The summed E-state index contributed by atoms with van der Waals surface area (Å²) < 4.78 is 14.5. The van der Waals surface area contributed by atoms with Gasteiger partial charge in [0.15, 0.2) is 0 Å². The fourth-order valence-corrected chi connectivity index (χ4v) is 1.45. The van der Waals surface area contributed by atoms with Crippen molar-refractivity contribution in [2.75, 3.05) is 27.9 Å². The Labute approximate surface area is 117 Å². The second-order valence-corrected chi connectivity index (χ2v) is 3.67. The highest BCUT2D eigenvalue weighted by atomic mass is 16.5. The summed E-state index contributed by atoms with van der Waals surface area (Å²) in [5.74, 6) is 5.36. The molecule has 0 aliphatic rings. The largest absolute Gasteiger partial charge is 0.506 e. The predicted octanol–water partition coefficient (Wildman–Crippen LogP) is 1.58.